The number of nitrogens with zero attached hydrogens (tertiary/aromatic N) is 4. The maximum absolute atomic E-state index is 5.45. The van der Waals surface area contributed by atoms with Crippen LogP contribution in [0.4, 0.5) is 5.69 Å². The molecule has 5 nitrogen and oxygen atoms in total. The van der Waals surface area contributed by atoms with E-state index in [1.165, 1.54) is 28.6 Å². The molecule has 0 bridgehead atoms. The number of pyridine rings is 1. The van der Waals surface area contributed by atoms with Crippen molar-refractivity contribution >= 4 is 38.1 Å². The summed E-state index contributed by atoms with van der Waals surface area (Å²) in [4.78, 5) is 12.5. The molecule has 0 radical (unpaired) electrons. The maximum Gasteiger partial charge on any atom is 0.127 e. The van der Waals surface area contributed by atoms with Crippen molar-refractivity contribution in [3.05, 3.63) is 91.1 Å². The Balaban J connectivity index is 1.55. The standard InChI is InChI=1S/C31H26N4OS/c1-36-23-14-12-21(13-15-23)35-27-10-4-2-8-24(27)29(31-33-25-9-3-5-11-28(25)37-31)30(35)26-20-22(16-17-32-26)34-18-6-7-19-34/h2-5,8-17,20H,6-7,18-19H2,1H3. The van der Waals surface area contributed by atoms with Crippen LogP contribution >= 0.6 is 11.3 Å². The molecule has 0 unspecified atom stereocenters. The fraction of sp³-hybridized carbons (Fsp3) is 0.161. The van der Waals surface area contributed by atoms with Gasteiger partial charge in [-0.05, 0) is 67.4 Å². The second kappa shape index (κ2) is 9.05. The summed E-state index contributed by atoms with van der Waals surface area (Å²) in [5, 5.41) is 2.17. The van der Waals surface area contributed by atoms with Gasteiger partial charge in [0.05, 0.1) is 34.2 Å². The van der Waals surface area contributed by atoms with Crippen molar-refractivity contribution in [3.63, 3.8) is 0 Å². The van der Waals surface area contributed by atoms with Gasteiger partial charge in [-0.25, -0.2) is 4.98 Å². The van der Waals surface area contributed by atoms with E-state index in [0.29, 0.717) is 0 Å². The first kappa shape index (κ1) is 22.1. The summed E-state index contributed by atoms with van der Waals surface area (Å²) in [7, 11) is 1.70. The Bertz CT molecular complexity index is 1700. The molecular formula is C31H26N4OS. The number of rotatable bonds is 5. The lowest BCUT2D eigenvalue weighted by Crippen LogP contribution is -2.17. The molecule has 0 aliphatic carbocycles. The van der Waals surface area contributed by atoms with Crippen LogP contribution in [-0.4, -0.2) is 34.7 Å². The molecule has 1 fully saturated rings. The number of aromatic nitrogens is 3. The molecule has 7 rings (SSSR count). The minimum atomic E-state index is 0.835. The van der Waals surface area contributed by atoms with Crippen molar-refractivity contribution in [1.29, 1.82) is 0 Å². The van der Waals surface area contributed by atoms with E-state index in [0.717, 1.165) is 57.5 Å². The van der Waals surface area contributed by atoms with Gasteiger partial charge in [-0.1, -0.05) is 30.3 Å². The van der Waals surface area contributed by atoms with Crippen LogP contribution in [0.25, 0.3) is 48.8 Å². The lowest BCUT2D eigenvalue weighted by Gasteiger charge is -2.19. The quantitative estimate of drug-likeness (QED) is 0.244. The number of benzene rings is 3. The fourth-order valence-electron chi connectivity index (χ4n) is 5.40. The highest BCUT2D eigenvalue weighted by Crippen LogP contribution is 2.45. The summed E-state index contributed by atoms with van der Waals surface area (Å²) < 4.78 is 8.96. The smallest absolute Gasteiger partial charge is 0.127 e. The zero-order valence-electron chi connectivity index (χ0n) is 20.6. The minimum absolute atomic E-state index is 0.835. The highest BCUT2D eigenvalue weighted by Gasteiger charge is 2.25. The van der Waals surface area contributed by atoms with Crippen LogP contribution in [0.5, 0.6) is 5.75 Å². The molecule has 0 N–H and O–H groups in total. The van der Waals surface area contributed by atoms with Gasteiger partial charge in [-0.15, -0.1) is 11.3 Å². The zero-order chi connectivity index (χ0) is 24.8. The third kappa shape index (κ3) is 3.76. The van der Waals surface area contributed by atoms with Crippen LogP contribution in [0.3, 0.4) is 0 Å². The predicted molar refractivity (Wildman–Crippen MR) is 153 cm³/mol. The highest BCUT2D eigenvalue weighted by molar-refractivity contribution is 7.21. The molecule has 1 aliphatic heterocycles. The van der Waals surface area contributed by atoms with Crippen molar-refractivity contribution in [2.75, 3.05) is 25.1 Å². The van der Waals surface area contributed by atoms with Gasteiger partial charge in [-0.2, -0.15) is 0 Å². The van der Waals surface area contributed by atoms with Crippen LogP contribution in [-0.2, 0) is 0 Å². The molecule has 182 valence electrons. The molecule has 3 aromatic carbocycles. The van der Waals surface area contributed by atoms with Crippen molar-refractivity contribution in [2.24, 2.45) is 0 Å². The molecule has 1 saturated heterocycles. The number of para-hydroxylation sites is 2. The molecule has 4 heterocycles. The third-order valence-electron chi connectivity index (χ3n) is 7.17. The molecule has 37 heavy (non-hydrogen) atoms. The van der Waals surface area contributed by atoms with Gasteiger partial charge in [0.1, 0.15) is 10.8 Å². The zero-order valence-corrected chi connectivity index (χ0v) is 21.4. The van der Waals surface area contributed by atoms with Crippen LogP contribution in [0.1, 0.15) is 12.8 Å². The van der Waals surface area contributed by atoms with Crippen molar-refractivity contribution in [2.45, 2.75) is 12.8 Å². The number of fused-ring (bicyclic) bond motifs is 2. The number of ether oxygens (including phenoxy) is 1. The molecule has 3 aromatic heterocycles. The van der Waals surface area contributed by atoms with Crippen molar-refractivity contribution < 1.29 is 4.74 Å². The first-order valence-corrected chi connectivity index (χ1v) is 13.5. The first-order chi connectivity index (χ1) is 18.3. The topological polar surface area (TPSA) is 43.2 Å². The summed E-state index contributed by atoms with van der Waals surface area (Å²) in [6.07, 6.45) is 4.42. The average molecular weight is 503 g/mol. The van der Waals surface area contributed by atoms with E-state index in [-0.39, 0.29) is 0 Å². The van der Waals surface area contributed by atoms with Crippen LogP contribution in [0.2, 0.25) is 0 Å². The van der Waals surface area contributed by atoms with Crippen LogP contribution in [0, 0.1) is 0 Å². The summed E-state index contributed by atoms with van der Waals surface area (Å²) in [5.74, 6) is 0.835. The number of hydrogen-bond acceptors (Lipinski definition) is 5. The van der Waals surface area contributed by atoms with Gasteiger partial charge < -0.3 is 14.2 Å². The van der Waals surface area contributed by atoms with Gasteiger partial charge in [0.25, 0.3) is 0 Å². The monoisotopic (exact) mass is 502 g/mol. The Morgan fingerprint density at radius 1 is 0.838 bits per heavy atom. The maximum atomic E-state index is 5.45. The Morgan fingerprint density at radius 3 is 2.43 bits per heavy atom. The largest absolute Gasteiger partial charge is 0.497 e. The van der Waals surface area contributed by atoms with Crippen LogP contribution < -0.4 is 9.64 Å². The molecule has 6 aromatic rings. The van der Waals surface area contributed by atoms with Gasteiger partial charge in [0, 0.05) is 41.6 Å². The Morgan fingerprint density at radius 2 is 1.62 bits per heavy atom. The van der Waals surface area contributed by atoms with Crippen molar-refractivity contribution in [1.82, 2.24) is 14.5 Å². The Kier molecular flexibility index (Phi) is 5.40. The van der Waals surface area contributed by atoms with E-state index < -0.39 is 0 Å². The van der Waals surface area contributed by atoms with Crippen molar-refractivity contribution in [3.8, 4) is 33.4 Å². The predicted octanol–water partition coefficient (Wildman–Crippen LogP) is 7.58. The summed E-state index contributed by atoms with van der Waals surface area (Å²) in [5.41, 5.74) is 7.58. The number of anilines is 1. The lowest BCUT2D eigenvalue weighted by molar-refractivity contribution is 0.415. The molecular weight excluding hydrogens is 476 g/mol. The Labute approximate surface area is 219 Å². The molecule has 0 spiro atoms. The van der Waals surface area contributed by atoms with Gasteiger partial charge in [-0.3, -0.25) is 4.98 Å². The van der Waals surface area contributed by atoms with E-state index in [1.807, 2.05) is 18.3 Å². The summed E-state index contributed by atoms with van der Waals surface area (Å²) in [6, 6.07) is 29.6. The van der Waals surface area contributed by atoms with Gasteiger partial charge in [0.2, 0.25) is 0 Å². The van der Waals surface area contributed by atoms with Crippen LogP contribution in [0.15, 0.2) is 91.1 Å². The molecule has 6 heteroatoms. The van der Waals surface area contributed by atoms with E-state index in [2.05, 4.69) is 82.3 Å². The molecule has 0 amide bonds. The molecule has 0 saturated carbocycles. The van der Waals surface area contributed by atoms with E-state index in [1.54, 1.807) is 18.4 Å². The number of hydrogen-bond donors (Lipinski definition) is 0. The normalized spacial score (nSPS) is 13.6. The van der Waals surface area contributed by atoms with E-state index >= 15 is 0 Å². The number of methoxy groups -OCH3 is 1. The summed E-state index contributed by atoms with van der Waals surface area (Å²) >= 11 is 1.74. The van der Waals surface area contributed by atoms with E-state index in [4.69, 9.17) is 14.7 Å². The first-order valence-electron chi connectivity index (χ1n) is 12.7. The SMILES string of the molecule is COc1ccc(-n2c(-c3cc(N4CCCC4)ccn3)c(-c3nc4ccccc4s3)c3ccccc32)cc1. The average Bonchev–Trinajstić information content (AvgIpc) is 3.70. The van der Waals surface area contributed by atoms with Gasteiger partial charge >= 0.3 is 0 Å². The highest BCUT2D eigenvalue weighted by atomic mass is 32.1. The summed E-state index contributed by atoms with van der Waals surface area (Å²) in [6.45, 7) is 2.19. The lowest BCUT2D eigenvalue weighted by atomic mass is 10.1. The second-order valence-corrected chi connectivity index (χ2v) is 10.4. The number of thiazole rings is 1. The minimum Gasteiger partial charge on any atom is -0.497 e. The molecule has 1 aliphatic rings. The third-order valence-corrected chi connectivity index (χ3v) is 8.22. The van der Waals surface area contributed by atoms with E-state index in [9.17, 15) is 0 Å². The second-order valence-electron chi connectivity index (χ2n) is 9.35. The molecule has 0 atom stereocenters. The Hall–Kier alpha value is -4.16. The fourth-order valence-corrected chi connectivity index (χ4v) is 6.42. The van der Waals surface area contributed by atoms with Gasteiger partial charge in [0.15, 0.2) is 0 Å².